The van der Waals surface area contributed by atoms with Crippen molar-refractivity contribution in [2.75, 3.05) is 66.4 Å². The maximum atomic E-state index is 12.7. The van der Waals surface area contributed by atoms with E-state index in [1.807, 2.05) is 25.1 Å². The van der Waals surface area contributed by atoms with Gasteiger partial charge in [-0.3, -0.25) is 4.90 Å². The number of carbonyl (C=O) groups is 1. The second-order valence-electron chi connectivity index (χ2n) is 8.58. The highest BCUT2D eigenvalue weighted by atomic mass is 16.7. The highest BCUT2D eigenvalue weighted by Crippen LogP contribution is 2.33. The van der Waals surface area contributed by atoms with E-state index in [-0.39, 0.29) is 24.5 Å². The zero-order chi connectivity index (χ0) is 21.1. The summed E-state index contributed by atoms with van der Waals surface area (Å²) in [5.41, 5.74) is 1.21. The number of amides is 1. The van der Waals surface area contributed by atoms with Crippen molar-refractivity contribution in [3.05, 3.63) is 23.8 Å². The van der Waals surface area contributed by atoms with Crippen LogP contribution in [0, 0.1) is 0 Å². The van der Waals surface area contributed by atoms with Crippen molar-refractivity contribution < 1.29 is 23.7 Å². The van der Waals surface area contributed by atoms with Crippen LogP contribution in [0.3, 0.4) is 0 Å². The van der Waals surface area contributed by atoms with E-state index in [2.05, 4.69) is 23.8 Å². The maximum absolute atomic E-state index is 12.7. The molecule has 0 aliphatic carbocycles. The van der Waals surface area contributed by atoms with Crippen LogP contribution in [0.1, 0.15) is 19.4 Å². The molecule has 0 radical (unpaired) electrons. The summed E-state index contributed by atoms with van der Waals surface area (Å²) < 4.78 is 22.0. The molecule has 3 heterocycles. The largest absolute Gasteiger partial charge is 0.454 e. The van der Waals surface area contributed by atoms with Crippen molar-refractivity contribution in [3.8, 4) is 11.5 Å². The highest BCUT2D eigenvalue weighted by Gasteiger charge is 2.46. The first kappa shape index (κ1) is 21.2. The molecule has 8 nitrogen and oxygen atoms in total. The van der Waals surface area contributed by atoms with Gasteiger partial charge in [-0.1, -0.05) is 6.07 Å². The molecule has 0 aromatic heterocycles. The Hall–Kier alpha value is -2.03. The fraction of sp³-hybridized carbons (Fsp3) is 0.682. The van der Waals surface area contributed by atoms with Crippen LogP contribution in [0.15, 0.2) is 18.2 Å². The summed E-state index contributed by atoms with van der Waals surface area (Å²) in [5, 5.41) is 0. The van der Waals surface area contributed by atoms with Gasteiger partial charge in [0.15, 0.2) is 11.5 Å². The van der Waals surface area contributed by atoms with Crippen LogP contribution >= 0.6 is 0 Å². The van der Waals surface area contributed by atoms with Crippen molar-refractivity contribution in [2.24, 2.45) is 0 Å². The second kappa shape index (κ2) is 8.99. The van der Waals surface area contributed by atoms with Crippen LogP contribution in [0.4, 0.5) is 4.79 Å². The lowest BCUT2D eigenvalue weighted by atomic mass is 9.92. The van der Waals surface area contributed by atoms with Gasteiger partial charge in [0.25, 0.3) is 0 Å². The summed E-state index contributed by atoms with van der Waals surface area (Å²) in [6.45, 7) is 10.6. The van der Waals surface area contributed by atoms with Crippen LogP contribution in [0.5, 0.6) is 11.5 Å². The van der Waals surface area contributed by atoms with Crippen molar-refractivity contribution in [2.45, 2.75) is 31.8 Å². The number of hydrogen-bond acceptors (Lipinski definition) is 7. The summed E-state index contributed by atoms with van der Waals surface area (Å²) in [6.07, 6.45) is 0.483. The van der Waals surface area contributed by atoms with E-state index in [9.17, 15) is 4.79 Å². The molecule has 1 unspecified atom stereocenters. The second-order valence-corrected chi connectivity index (χ2v) is 8.58. The smallest absolute Gasteiger partial charge is 0.410 e. The van der Waals surface area contributed by atoms with Crippen LogP contribution in [0.25, 0.3) is 0 Å². The maximum Gasteiger partial charge on any atom is 0.410 e. The van der Waals surface area contributed by atoms with Gasteiger partial charge in [-0.15, -0.1) is 0 Å². The molecular weight excluding hydrogens is 386 g/mol. The van der Waals surface area contributed by atoms with E-state index in [1.54, 1.807) is 4.90 Å². The Morgan fingerprint density at radius 3 is 2.80 bits per heavy atom. The van der Waals surface area contributed by atoms with E-state index >= 15 is 0 Å². The number of carbonyl (C=O) groups excluding carboxylic acids is 1. The molecule has 1 spiro atoms. The normalized spacial score (nSPS) is 21.3. The van der Waals surface area contributed by atoms with Gasteiger partial charge < -0.3 is 28.7 Å². The predicted octanol–water partition coefficient (Wildman–Crippen LogP) is 1.82. The van der Waals surface area contributed by atoms with Crippen molar-refractivity contribution in [3.63, 3.8) is 0 Å². The fourth-order valence-electron chi connectivity index (χ4n) is 4.64. The standard InChI is InChI=1S/C22H33N3O5/c1-4-25(17(2)11-18-5-6-19-20(12-18)30-16-29-19)21(26)28-10-9-24-8-7-23(3)13-22(24)14-27-15-22/h5-6,12,17H,4,7-11,13-16H2,1-3H3. The lowest BCUT2D eigenvalue weighted by Gasteiger charge is -2.54. The van der Waals surface area contributed by atoms with Gasteiger partial charge in [0.2, 0.25) is 6.79 Å². The highest BCUT2D eigenvalue weighted by molar-refractivity contribution is 5.68. The van der Waals surface area contributed by atoms with Gasteiger partial charge in [-0.05, 0) is 45.0 Å². The first-order chi connectivity index (χ1) is 14.5. The van der Waals surface area contributed by atoms with Crippen molar-refractivity contribution in [1.29, 1.82) is 0 Å². The topological polar surface area (TPSA) is 63.7 Å². The van der Waals surface area contributed by atoms with Crippen molar-refractivity contribution >= 4 is 6.09 Å². The number of nitrogens with zero attached hydrogens (tertiary/aromatic N) is 3. The third-order valence-corrected chi connectivity index (χ3v) is 6.39. The Bertz CT molecular complexity index is 754. The Kier molecular flexibility index (Phi) is 6.36. The summed E-state index contributed by atoms with van der Waals surface area (Å²) in [5.74, 6) is 1.54. The van der Waals surface area contributed by atoms with Gasteiger partial charge in [-0.2, -0.15) is 0 Å². The molecule has 1 aromatic carbocycles. The Morgan fingerprint density at radius 2 is 2.07 bits per heavy atom. The minimum Gasteiger partial charge on any atom is -0.454 e. The molecular formula is C22H33N3O5. The third-order valence-electron chi connectivity index (χ3n) is 6.39. The summed E-state index contributed by atoms with van der Waals surface area (Å²) >= 11 is 0. The lowest BCUT2D eigenvalue weighted by Crippen LogP contribution is -2.71. The Balaban J connectivity index is 1.27. The van der Waals surface area contributed by atoms with E-state index < -0.39 is 0 Å². The molecule has 0 bridgehead atoms. The molecule has 1 amide bonds. The summed E-state index contributed by atoms with van der Waals surface area (Å²) in [4.78, 5) is 19.3. The molecule has 1 aromatic rings. The average Bonchev–Trinajstić information content (AvgIpc) is 3.16. The molecule has 4 rings (SSSR count). The molecule has 3 aliphatic heterocycles. The molecule has 0 saturated carbocycles. The zero-order valence-electron chi connectivity index (χ0n) is 18.3. The van der Waals surface area contributed by atoms with Gasteiger partial charge in [0.05, 0.1) is 18.8 Å². The molecule has 1 atom stereocenters. The van der Waals surface area contributed by atoms with Crippen LogP contribution in [0.2, 0.25) is 0 Å². The molecule has 3 aliphatic rings. The van der Waals surface area contributed by atoms with Gasteiger partial charge in [0, 0.05) is 38.8 Å². The fourth-order valence-corrected chi connectivity index (χ4v) is 4.64. The molecule has 0 N–H and O–H groups in total. The Labute approximate surface area is 178 Å². The number of hydrogen-bond donors (Lipinski definition) is 0. The van der Waals surface area contributed by atoms with Crippen LogP contribution in [-0.4, -0.2) is 98.8 Å². The number of ether oxygens (including phenoxy) is 4. The van der Waals surface area contributed by atoms with E-state index in [0.29, 0.717) is 13.2 Å². The summed E-state index contributed by atoms with van der Waals surface area (Å²) in [7, 11) is 2.15. The number of rotatable bonds is 7. The molecule has 166 valence electrons. The number of fused-ring (bicyclic) bond motifs is 1. The third kappa shape index (κ3) is 4.36. The van der Waals surface area contributed by atoms with Gasteiger partial charge in [-0.25, -0.2) is 4.79 Å². The molecule has 8 heteroatoms. The van der Waals surface area contributed by atoms with E-state index in [1.165, 1.54) is 0 Å². The minimum atomic E-state index is -0.251. The first-order valence-corrected chi connectivity index (χ1v) is 10.8. The quantitative estimate of drug-likeness (QED) is 0.668. The number of piperazine rings is 1. The van der Waals surface area contributed by atoms with Gasteiger partial charge in [0.1, 0.15) is 6.61 Å². The van der Waals surface area contributed by atoms with Gasteiger partial charge >= 0.3 is 6.09 Å². The van der Waals surface area contributed by atoms with Crippen LogP contribution in [-0.2, 0) is 15.9 Å². The Morgan fingerprint density at radius 1 is 1.27 bits per heavy atom. The molecule has 2 fully saturated rings. The predicted molar refractivity (Wildman–Crippen MR) is 112 cm³/mol. The minimum absolute atomic E-state index is 0.0258. The van der Waals surface area contributed by atoms with Crippen LogP contribution < -0.4 is 9.47 Å². The number of likely N-dealkylation sites (N-methyl/N-ethyl adjacent to an activating group) is 2. The lowest BCUT2D eigenvalue weighted by molar-refractivity contribution is -0.168. The first-order valence-electron chi connectivity index (χ1n) is 10.8. The monoisotopic (exact) mass is 419 g/mol. The SMILES string of the molecule is CCN(C(=O)OCCN1CCN(C)CC12COC2)C(C)Cc1ccc2c(c1)OCO2. The molecule has 2 saturated heterocycles. The van der Waals surface area contributed by atoms with Crippen molar-refractivity contribution in [1.82, 2.24) is 14.7 Å². The molecule has 30 heavy (non-hydrogen) atoms. The zero-order valence-corrected chi connectivity index (χ0v) is 18.3. The number of benzene rings is 1. The van der Waals surface area contributed by atoms with E-state index in [0.717, 1.165) is 62.9 Å². The average molecular weight is 420 g/mol. The van der Waals surface area contributed by atoms with E-state index in [4.69, 9.17) is 18.9 Å². The summed E-state index contributed by atoms with van der Waals surface area (Å²) in [6, 6.07) is 5.97.